The first kappa shape index (κ1) is 17.3. The Morgan fingerprint density at radius 2 is 1.76 bits per heavy atom. The number of ketones is 1. The number of esters is 1. The Morgan fingerprint density at radius 3 is 2.48 bits per heavy atom. The minimum atomic E-state index is -0.311. The summed E-state index contributed by atoms with van der Waals surface area (Å²) in [7, 11) is 0. The molecule has 0 radical (unpaired) electrons. The Bertz CT molecular complexity index is 650. The Labute approximate surface area is 151 Å². The second-order valence-electron chi connectivity index (χ2n) is 9.79. The maximum atomic E-state index is 11.9. The topological polar surface area (TPSA) is 43.4 Å². The lowest BCUT2D eigenvalue weighted by atomic mass is 9.46. The van der Waals surface area contributed by atoms with Crippen molar-refractivity contribution in [2.45, 2.75) is 84.7 Å². The van der Waals surface area contributed by atoms with E-state index in [0.29, 0.717) is 23.5 Å². The van der Waals surface area contributed by atoms with Crippen LogP contribution in [0.3, 0.4) is 0 Å². The van der Waals surface area contributed by atoms with E-state index in [4.69, 9.17) is 4.74 Å². The number of ether oxygens (including phenoxy) is 1. The van der Waals surface area contributed by atoms with Gasteiger partial charge in [0.2, 0.25) is 0 Å². The van der Waals surface area contributed by atoms with E-state index in [9.17, 15) is 9.59 Å². The fraction of sp³-hybridized carbons (Fsp3) is 0.818. The van der Waals surface area contributed by atoms with Crippen molar-refractivity contribution in [1.82, 2.24) is 0 Å². The zero-order valence-corrected chi connectivity index (χ0v) is 16.2. The van der Waals surface area contributed by atoms with E-state index in [1.165, 1.54) is 24.8 Å². The van der Waals surface area contributed by atoms with E-state index in [2.05, 4.69) is 20.8 Å². The molecule has 0 aliphatic heterocycles. The molecule has 0 aromatic heterocycles. The molecule has 0 amide bonds. The summed E-state index contributed by atoms with van der Waals surface area (Å²) in [5.41, 5.74) is 1.43. The van der Waals surface area contributed by atoms with Crippen molar-refractivity contribution in [3.05, 3.63) is 11.6 Å². The van der Waals surface area contributed by atoms with E-state index < -0.39 is 0 Å². The zero-order chi connectivity index (χ0) is 18.0. The first-order chi connectivity index (χ1) is 11.7. The largest absolute Gasteiger partial charge is 0.459 e. The Hall–Kier alpha value is -1.12. The third-order valence-corrected chi connectivity index (χ3v) is 8.86. The van der Waals surface area contributed by atoms with Crippen LogP contribution >= 0.6 is 0 Å². The quantitative estimate of drug-likeness (QED) is 0.639. The predicted molar refractivity (Wildman–Crippen MR) is 96.9 cm³/mol. The summed E-state index contributed by atoms with van der Waals surface area (Å²) in [4.78, 5) is 23.6. The van der Waals surface area contributed by atoms with Crippen LogP contribution in [0.4, 0.5) is 0 Å². The van der Waals surface area contributed by atoms with Gasteiger partial charge in [0.15, 0.2) is 5.78 Å². The van der Waals surface area contributed by atoms with Gasteiger partial charge in [-0.3, -0.25) is 9.59 Å². The number of rotatable bonds is 1. The van der Waals surface area contributed by atoms with Gasteiger partial charge in [-0.2, -0.15) is 0 Å². The first-order valence-electron chi connectivity index (χ1n) is 10.1. The van der Waals surface area contributed by atoms with Gasteiger partial charge in [-0.05, 0) is 81.1 Å². The van der Waals surface area contributed by atoms with Gasteiger partial charge < -0.3 is 4.74 Å². The summed E-state index contributed by atoms with van der Waals surface area (Å²) in [6.07, 6.45) is 10.5. The van der Waals surface area contributed by atoms with Gasteiger partial charge in [0.05, 0.1) is 0 Å². The molecule has 4 aliphatic carbocycles. The predicted octanol–water partition coefficient (Wildman–Crippen LogP) is 4.84. The Kier molecular flexibility index (Phi) is 3.76. The lowest BCUT2D eigenvalue weighted by Gasteiger charge is -2.59. The van der Waals surface area contributed by atoms with Gasteiger partial charge in [-0.15, -0.1) is 0 Å². The molecule has 3 heteroatoms. The highest BCUT2D eigenvalue weighted by molar-refractivity contribution is 5.91. The van der Waals surface area contributed by atoms with Crippen LogP contribution in [0.5, 0.6) is 0 Å². The third kappa shape index (κ3) is 2.30. The summed E-state index contributed by atoms with van der Waals surface area (Å²) in [6.45, 7) is 8.52. The van der Waals surface area contributed by atoms with Gasteiger partial charge in [0, 0.05) is 18.8 Å². The van der Waals surface area contributed by atoms with Crippen molar-refractivity contribution in [2.75, 3.05) is 0 Å². The fourth-order valence-corrected chi connectivity index (χ4v) is 7.27. The monoisotopic (exact) mass is 344 g/mol. The van der Waals surface area contributed by atoms with Crippen molar-refractivity contribution in [1.29, 1.82) is 0 Å². The smallest absolute Gasteiger partial charge is 0.303 e. The van der Waals surface area contributed by atoms with Gasteiger partial charge in [-0.25, -0.2) is 0 Å². The normalized spacial score (nSPS) is 48.9. The summed E-state index contributed by atoms with van der Waals surface area (Å²) >= 11 is 0. The highest BCUT2D eigenvalue weighted by atomic mass is 16.6. The lowest BCUT2D eigenvalue weighted by molar-refractivity contribution is -0.177. The summed E-state index contributed by atoms with van der Waals surface area (Å²) in [5, 5.41) is 0. The van der Waals surface area contributed by atoms with E-state index >= 15 is 0 Å². The molecule has 3 fully saturated rings. The van der Waals surface area contributed by atoms with Crippen LogP contribution in [0.25, 0.3) is 0 Å². The molecule has 4 aliphatic rings. The highest BCUT2D eigenvalue weighted by Crippen LogP contribution is 2.68. The summed E-state index contributed by atoms with van der Waals surface area (Å²) in [5.74, 6) is 2.24. The van der Waals surface area contributed by atoms with Crippen molar-refractivity contribution in [3.8, 4) is 0 Å². The average molecular weight is 344 g/mol. The van der Waals surface area contributed by atoms with Crippen molar-refractivity contribution >= 4 is 11.8 Å². The van der Waals surface area contributed by atoms with Crippen molar-refractivity contribution in [3.63, 3.8) is 0 Å². The van der Waals surface area contributed by atoms with Gasteiger partial charge >= 0.3 is 5.97 Å². The van der Waals surface area contributed by atoms with Crippen molar-refractivity contribution < 1.29 is 14.3 Å². The Morgan fingerprint density at radius 1 is 1.04 bits per heavy atom. The molecule has 0 aromatic rings. The molecule has 3 nitrogen and oxygen atoms in total. The molecule has 0 unspecified atom stereocenters. The number of hydrogen-bond donors (Lipinski definition) is 0. The average Bonchev–Trinajstić information content (AvgIpc) is 2.79. The van der Waals surface area contributed by atoms with Crippen LogP contribution in [0.15, 0.2) is 11.6 Å². The number of hydrogen-bond acceptors (Lipinski definition) is 3. The molecule has 0 bridgehead atoms. The van der Waals surface area contributed by atoms with Crippen LogP contribution in [0.1, 0.15) is 79.1 Å². The van der Waals surface area contributed by atoms with Gasteiger partial charge in [0.1, 0.15) is 5.60 Å². The van der Waals surface area contributed by atoms with E-state index in [1.807, 2.05) is 6.08 Å². The standard InChI is InChI=1S/C22H32O3/c1-14(23)25-22(4)12-9-19-17-6-5-15-13-16(24)7-10-20(15,2)18(17)8-11-21(19,22)3/h13,17-19H,5-12H2,1-4H3/t17-,18-,19+,20+,21+,22+/m1/s1. The molecule has 0 N–H and O–H groups in total. The summed E-state index contributed by atoms with van der Waals surface area (Å²) in [6, 6.07) is 0. The number of fused-ring (bicyclic) bond motifs is 5. The van der Waals surface area contributed by atoms with Crippen LogP contribution < -0.4 is 0 Å². The van der Waals surface area contributed by atoms with Crippen LogP contribution in [0, 0.1) is 28.6 Å². The van der Waals surface area contributed by atoms with E-state index in [1.54, 1.807) is 6.92 Å². The fourth-order valence-electron chi connectivity index (χ4n) is 7.27. The molecule has 0 saturated heterocycles. The van der Waals surface area contributed by atoms with Crippen LogP contribution in [-0.2, 0) is 14.3 Å². The molecule has 3 saturated carbocycles. The van der Waals surface area contributed by atoms with Crippen LogP contribution in [0.2, 0.25) is 0 Å². The first-order valence-corrected chi connectivity index (χ1v) is 10.1. The van der Waals surface area contributed by atoms with Gasteiger partial charge in [-0.1, -0.05) is 19.4 Å². The highest BCUT2D eigenvalue weighted by Gasteiger charge is 2.64. The molecule has 6 atom stereocenters. The second-order valence-corrected chi connectivity index (χ2v) is 9.79. The molecular weight excluding hydrogens is 312 g/mol. The molecule has 25 heavy (non-hydrogen) atoms. The Balaban J connectivity index is 1.66. The summed E-state index contributed by atoms with van der Waals surface area (Å²) < 4.78 is 5.90. The van der Waals surface area contributed by atoms with Gasteiger partial charge in [0.25, 0.3) is 0 Å². The maximum absolute atomic E-state index is 11.9. The number of carbonyl (C=O) groups excluding carboxylic acids is 2. The maximum Gasteiger partial charge on any atom is 0.303 e. The molecule has 138 valence electrons. The number of allylic oxidation sites excluding steroid dienone is 1. The zero-order valence-electron chi connectivity index (χ0n) is 16.2. The molecule has 0 heterocycles. The minimum absolute atomic E-state index is 0.0991. The molecule has 0 spiro atoms. The third-order valence-electron chi connectivity index (χ3n) is 8.86. The molecular formula is C22H32O3. The van der Waals surface area contributed by atoms with Crippen molar-refractivity contribution in [2.24, 2.45) is 28.6 Å². The van der Waals surface area contributed by atoms with E-state index in [0.717, 1.165) is 32.1 Å². The number of carbonyl (C=O) groups is 2. The van der Waals surface area contributed by atoms with Crippen LogP contribution in [-0.4, -0.2) is 17.4 Å². The minimum Gasteiger partial charge on any atom is -0.459 e. The SMILES string of the molecule is CC(=O)O[C@@]1(C)CC[C@H]2[C@@H]3CCC4=CC(=O)CC[C@]4(C)[C@@H]3CC[C@@]21C. The second kappa shape index (κ2) is 5.44. The molecule has 0 aromatic carbocycles. The van der Waals surface area contributed by atoms with E-state index in [-0.39, 0.29) is 22.4 Å². The lowest BCUT2D eigenvalue weighted by Crippen LogP contribution is -2.55. The molecule has 4 rings (SSSR count).